The van der Waals surface area contributed by atoms with Gasteiger partial charge in [0.15, 0.2) is 15.0 Å². The SMILES string of the molecule is CCN(CC)CCN(C(=O)c1ccc(OC)cc1)c1nc2c(S(C)(=O)=O)cccc2s1.Cl. The van der Waals surface area contributed by atoms with Crippen molar-refractivity contribution in [3.63, 3.8) is 0 Å². The van der Waals surface area contributed by atoms with Gasteiger partial charge in [0, 0.05) is 24.9 Å². The monoisotopic (exact) mass is 497 g/mol. The molecule has 7 nitrogen and oxygen atoms in total. The zero-order valence-electron chi connectivity index (χ0n) is 18.6. The number of likely N-dealkylation sites (N-methyl/N-ethyl adjacent to an activating group) is 1. The first kappa shape index (κ1) is 26.1. The van der Waals surface area contributed by atoms with Crippen molar-refractivity contribution in [2.45, 2.75) is 18.7 Å². The van der Waals surface area contributed by atoms with Crippen molar-refractivity contribution in [3.05, 3.63) is 48.0 Å². The molecular formula is C22H28ClN3O4S2. The summed E-state index contributed by atoms with van der Waals surface area (Å²) in [6.45, 7) is 7.03. The van der Waals surface area contributed by atoms with Gasteiger partial charge in [0.25, 0.3) is 5.91 Å². The highest BCUT2D eigenvalue weighted by molar-refractivity contribution is 7.91. The van der Waals surface area contributed by atoms with E-state index in [1.54, 1.807) is 48.4 Å². The lowest BCUT2D eigenvalue weighted by atomic mass is 10.2. The quantitative estimate of drug-likeness (QED) is 0.442. The number of fused-ring (bicyclic) bond motifs is 1. The molecule has 0 aliphatic heterocycles. The number of hydrogen-bond acceptors (Lipinski definition) is 7. The van der Waals surface area contributed by atoms with Gasteiger partial charge in [-0.05, 0) is 49.5 Å². The van der Waals surface area contributed by atoms with E-state index in [0.717, 1.165) is 17.8 Å². The van der Waals surface area contributed by atoms with E-state index in [-0.39, 0.29) is 23.2 Å². The number of carbonyl (C=O) groups is 1. The normalized spacial score (nSPS) is 11.4. The van der Waals surface area contributed by atoms with Crippen LogP contribution in [-0.2, 0) is 9.84 Å². The molecule has 0 aliphatic carbocycles. The molecule has 1 aromatic heterocycles. The molecule has 1 heterocycles. The average Bonchev–Trinajstić information content (AvgIpc) is 3.19. The summed E-state index contributed by atoms with van der Waals surface area (Å²) in [5.41, 5.74) is 0.920. The number of nitrogens with zero attached hydrogens (tertiary/aromatic N) is 3. The van der Waals surface area contributed by atoms with Crippen LogP contribution in [-0.4, -0.2) is 63.8 Å². The lowest BCUT2D eigenvalue weighted by molar-refractivity contribution is 0.0983. The van der Waals surface area contributed by atoms with E-state index >= 15 is 0 Å². The van der Waals surface area contributed by atoms with Gasteiger partial charge in [-0.15, -0.1) is 12.4 Å². The summed E-state index contributed by atoms with van der Waals surface area (Å²) < 4.78 is 30.3. The van der Waals surface area contributed by atoms with Crippen LogP contribution in [0, 0.1) is 0 Å². The molecule has 0 radical (unpaired) electrons. The summed E-state index contributed by atoms with van der Waals surface area (Å²) in [6, 6.07) is 12.0. The Labute approximate surface area is 199 Å². The molecule has 1 amide bonds. The molecular weight excluding hydrogens is 470 g/mol. The smallest absolute Gasteiger partial charge is 0.260 e. The minimum Gasteiger partial charge on any atom is -0.497 e. The number of para-hydroxylation sites is 1. The largest absolute Gasteiger partial charge is 0.497 e. The molecule has 0 saturated carbocycles. The molecule has 174 valence electrons. The molecule has 3 rings (SSSR count). The van der Waals surface area contributed by atoms with Gasteiger partial charge in [-0.2, -0.15) is 0 Å². The second kappa shape index (κ2) is 11.1. The number of benzene rings is 2. The second-order valence-electron chi connectivity index (χ2n) is 7.08. The molecule has 0 bridgehead atoms. The maximum absolute atomic E-state index is 13.4. The first-order chi connectivity index (χ1) is 14.8. The molecule has 2 aromatic carbocycles. The Hall–Kier alpha value is -2.20. The van der Waals surface area contributed by atoms with Crippen LogP contribution in [0.5, 0.6) is 5.75 Å². The summed E-state index contributed by atoms with van der Waals surface area (Å²) in [7, 11) is -1.86. The Bertz CT molecular complexity index is 1160. The van der Waals surface area contributed by atoms with E-state index in [9.17, 15) is 13.2 Å². The third kappa shape index (κ3) is 5.78. The van der Waals surface area contributed by atoms with Crippen LogP contribution in [0.4, 0.5) is 5.13 Å². The number of methoxy groups -OCH3 is 1. The number of aromatic nitrogens is 1. The van der Waals surface area contributed by atoms with Crippen molar-refractivity contribution in [3.8, 4) is 5.75 Å². The lowest BCUT2D eigenvalue weighted by Crippen LogP contribution is -2.38. The van der Waals surface area contributed by atoms with Gasteiger partial charge in [-0.3, -0.25) is 9.69 Å². The van der Waals surface area contributed by atoms with Gasteiger partial charge in [0.2, 0.25) is 0 Å². The van der Waals surface area contributed by atoms with Crippen LogP contribution in [0.3, 0.4) is 0 Å². The summed E-state index contributed by atoms with van der Waals surface area (Å²) in [4.78, 5) is 22.0. The Morgan fingerprint density at radius 2 is 1.72 bits per heavy atom. The maximum Gasteiger partial charge on any atom is 0.260 e. The van der Waals surface area contributed by atoms with Crippen molar-refractivity contribution < 1.29 is 17.9 Å². The minimum atomic E-state index is -3.44. The number of carbonyl (C=O) groups excluding carboxylic acids is 1. The van der Waals surface area contributed by atoms with Crippen LogP contribution in [0.25, 0.3) is 10.2 Å². The van der Waals surface area contributed by atoms with E-state index in [1.807, 2.05) is 6.07 Å². The van der Waals surface area contributed by atoms with Crippen molar-refractivity contribution in [2.24, 2.45) is 0 Å². The Morgan fingerprint density at radius 1 is 1.06 bits per heavy atom. The summed E-state index contributed by atoms with van der Waals surface area (Å²) in [5, 5.41) is 0.485. The Balaban J connectivity index is 0.00000363. The van der Waals surface area contributed by atoms with Crippen LogP contribution in [0.15, 0.2) is 47.4 Å². The van der Waals surface area contributed by atoms with E-state index < -0.39 is 9.84 Å². The molecule has 0 unspecified atom stereocenters. The Morgan fingerprint density at radius 3 is 2.28 bits per heavy atom. The summed E-state index contributed by atoms with van der Waals surface area (Å²) in [5.74, 6) is 0.485. The Kier molecular flexibility index (Phi) is 9.03. The van der Waals surface area contributed by atoms with Gasteiger partial charge in [-0.1, -0.05) is 31.3 Å². The van der Waals surface area contributed by atoms with Gasteiger partial charge in [0.1, 0.15) is 11.3 Å². The lowest BCUT2D eigenvalue weighted by Gasteiger charge is -2.24. The highest BCUT2D eigenvalue weighted by Gasteiger charge is 2.24. The molecule has 0 saturated heterocycles. The second-order valence-corrected chi connectivity index (χ2v) is 10.1. The van der Waals surface area contributed by atoms with Crippen LogP contribution >= 0.6 is 23.7 Å². The number of sulfone groups is 1. The standard InChI is InChI=1S/C22H27N3O4S2.ClH/c1-5-24(6-2)14-15-25(21(26)16-10-12-17(29-3)13-11-16)22-23-20-18(30-22)8-7-9-19(20)31(4,27)28;/h7-13H,5-6,14-15H2,1-4H3;1H. The molecule has 0 fully saturated rings. The van der Waals surface area contributed by atoms with E-state index in [4.69, 9.17) is 4.74 Å². The molecule has 0 N–H and O–H groups in total. The molecule has 10 heteroatoms. The third-order valence-electron chi connectivity index (χ3n) is 5.12. The van der Waals surface area contributed by atoms with Gasteiger partial charge >= 0.3 is 0 Å². The van der Waals surface area contributed by atoms with Crippen molar-refractivity contribution in [1.82, 2.24) is 9.88 Å². The predicted molar refractivity (Wildman–Crippen MR) is 132 cm³/mol. The maximum atomic E-state index is 13.4. The van der Waals surface area contributed by atoms with Crippen LogP contribution in [0.1, 0.15) is 24.2 Å². The molecule has 3 aromatic rings. The predicted octanol–water partition coefficient (Wildman–Crippen LogP) is 4.12. The van der Waals surface area contributed by atoms with E-state index in [1.165, 1.54) is 17.6 Å². The van der Waals surface area contributed by atoms with Crippen molar-refractivity contribution in [1.29, 1.82) is 0 Å². The number of ether oxygens (including phenoxy) is 1. The van der Waals surface area contributed by atoms with E-state index in [0.29, 0.717) is 35.1 Å². The highest BCUT2D eigenvalue weighted by Crippen LogP contribution is 2.33. The number of hydrogen-bond donors (Lipinski definition) is 0. The first-order valence-electron chi connectivity index (χ1n) is 10.1. The number of amides is 1. The summed E-state index contributed by atoms with van der Waals surface area (Å²) in [6.07, 6.45) is 1.17. The minimum absolute atomic E-state index is 0. The zero-order chi connectivity index (χ0) is 22.6. The number of halogens is 1. The number of rotatable bonds is 9. The fraction of sp³-hybridized carbons (Fsp3) is 0.364. The zero-order valence-corrected chi connectivity index (χ0v) is 21.0. The van der Waals surface area contributed by atoms with Crippen LogP contribution < -0.4 is 9.64 Å². The number of anilines is 1. The molecule has 0 atom stereocenters. The van der Waals surface area contributed by atoms with Crippen LogP contribution in [0.2, 0.25) is 0 Å². The third-order valence-corrected chi connectivity index (χ3v) is 7.29. The first-order valence-corrected chi connectivity index (χ1v) is 12.8. The molecule has 0 spiro atoms. The molecule has 0 aliphatic rings. The fourth-order valence-electron chi connectivity index (χ4n) is 3.28. The number of thiazole rings is 1. The van der Waals surface area contributed by atoms with Gasteiger partial charge < -0.3 is 9.64 Å². The average molecular weight is 498 g/mol. The topological polar surface area (TPSA) is 79.8 Å². The van der Waals surface area contributed by atoms with E-state index in [2.05, 4.69) is 23.7 Å². The van der Waals surface area contributed by atoms with Crippen molar-refractivity contribution >= 4 is 54.8 Å². The van der Waals surface area contributed by atoms with Crippen molar-refractivity contribution in [2.75, 3.05) is 44.4 Å². The van der Waals surface area contributed by atoms with Gasteiger partial charge in [-0.25, -0.2) is 13.4 Å². The fourth-order valence-corrected chi connectivity index (χ4v) is 5.20. The molecule has 32 heavy (non-hydrogen) atoms. The summed E-state index contributed by atoms with van der Waals surface area (Å²) >= 11 is 1.32. The highest BCUT2D eigenvalue weighted by atomic mass is 35.5. The van der Waals surface area contributed by atoms with Gasteiger partial charge in [0.05, 0.1) is 16.7 Å².